The smallest absolute Gasteiger partial charge is 0.321 e. The molecule has 0 aromatic carbocycles. The van der Waals surface area contributed by atoms with Crippen LogP contribution in [-0.4, -0.2) is 54.2 Å². The highest BCUT2D eigenvalue weighted by Gasteiger charge is 2.23. The number of carboxylic acid groups (broad SMARTS) is 2. The minimum absolute atomic E-state index is 0.274. The molecule has 0 fully saturated rings. The van der Waals surface area contributed by atoms with Crippen LogP contribution in [0.15, 0.2) is 0 Å². The number of hydrogen-bond donors (Lipinski definition) is 4. The van der Waals surface area contributed by atoms with Gasteiger partial charge in [0, 0.05) is 0 Å². The summed E-state index contributed by atoms with van der Waals surface area (Å²) >= 11 is 0. The molecule has 0 heterocycles. The van der Waals surface area contributed by atoms with Crippen molar-refractivity contribution in [3.63, 3.8) is 0 Å². The molecule has 0 radical (unpaired) electrons. The van der Waals surface area contributed by atoms with Gasteiger partial charge in [-0.15, -0.1) is 0 Å². The van der Waals surface area contributed by atoms with Gasteiger partial charge in [0.05, 0.1) is 11.5 Å². The monoisotopic (exact) mass is 254 g/mol. The second-order valence-corrected chi connectivity index (χ2v) is 5.52. The molecule has 0 amide bonds. The Kier molecular flexibility index (Phi) is 5.35. The summed E-state index contributed by atoms with van der Waals surface area (Å²) in [5.41, 5.74) is 10.1. The number of rotatable bonds is 7. The van der Waals surface area contributed by atoms with Crippen LogP contribution in [0.25, 0.3) is 0 Å². The maximum absolute atomic E-state index is 11.3. The van der Waals surface area contributed by atoms with Crippen LogP contribution in [0.5, 0.6) is 0 Å². The van der Waals surface area contributed by atoms with Gasteiger partial charge in [-0.1, -0.05) is 0 Å². The van der Waals surface area contributed by atoms with Gasteiger partial charge in [0.15, 0.2) is 9.84 Å². The van der Waals surface area contributed by atoms with Gasteiger partial charge >= 0.3 is 11.9 Å². The molecule has 0 aromatic heterocycles. The summed E-state index contributed by atoms with van der Waals surface area (Å²) in [6, 6.07) is -2.79. The van der Waals surface area contributed by atoms with E-state index in [1.807, 2.05) is 0 Å². The quantitative estimate of drug-likeness (QED) is 0.391. The van der Waals surface area contributed by atoms with Crippen LogP contribution in [0.3, 0.4) is 0 Å². The Morgan fingerprint density at radius 3 is 1.88 bits per heavy atom. The van der Waals surface area contributed by atoms with Crippen molar-refractivity contribution >= 4 is 21.8 Å². The van der Waals surface area contributed by atoms with E-state index < -0.39 is 45.4 Å². The summed E-state index contributed by atoms with van der Waals surface area (Å²) in [7, 11) is -3.70. The van der Waals surface area contributed by atoms with Crippen LogP contribution in [0.2, 0.25) is 0 Å². The zero-order valence-electron chi connectivity index (χ0n) is 8.37. The fourth-order valence-electron chi connectivity index (χ4n) is 0.858. The third-order valence-corrected chi connectivity index (χ3v) is 3.53. The van der Waals surface area contributed by atoms with Gasteiger partial charge in [-0.25, -0.2) is 8.42 Å². The van der Waals surface area contributed by atoms with Crippen LogP contribution in [0, 0.1) is 0 Å². The molecule has 0 saturated heterocycles. The number of carboxylic acids is 2. The predicted molar refractivity (Wildman–Crippen MR) is 54.5 cm³/mol. The average molecular weight is 254 g/mol. The first-order chi connectivity index (χ1) is 7.15. The van der Waals surface area contributed by atoms with E-state index >= 15 is 0 Å². The molecule has 0 aromatic rings. The van der Waals surface area contributed by atoms with E-state index in [4.69, 9.17) is 21.7 Å². The number of nitrogens with two attached hydrogens (primary N) is 2. The fraction of sp³-hybridized carbons (Fsp3) is 0.714. The van der Waals surface area contributed by atoms with Crippen LogP contribution in [-0.2, 0) is 19.4 Å². The average Bonchev–Trinajstić information content (AvgIpc) is 2.13. The molecular formula is C7H14N2O6S. The molecule has 2 unspecified atom stereocenters. The fourth-order valence-corrected chi connectivity index (χ4v) is 2.33. The van der Waals surface area contributed by atoms with Gasteiger partial charge in [0.2, 0.25) is 0 Å². The highest BCUT2D eigenvalue weighted by atomic mass is 32.2. The second kappa shape index (κ2) is 5.77. The summed E-state index contributed by atoms with van der Waals surface area (Å²) in [5.74, 6) is -3.96. The van der Waals surface area contributed by atoms with Crippen molar-refractivity contribution in [1.82, 2.24) is 0 Å². The number of carbonyl (C=O) groups is 2. The van der Waals surface area contributed by atoms with Crippen LogP contribution in [0.1, 0.15) is 6.42 Å². The minimum Gasteiger partial charge on any atom is -0.480 e. The molecule has 0 bridgehead atoms. The van der Waals surface area contributed by atoms with Gasteiger partial charge in [-0.3, -0.25) is 9.59 Å². The van der Waals surface area contributed by atoms with E-state index in [2.05, 4.69) is 0 Å². The van der Waals surface area contributed by atoms with Crippen LogP contribution in [0.4, 0.5) is 0 Å². The van der Waals surface area contributed by atoms with Crippen molar-refractivity contribution in [1.29, 1.82) is 0 Å². The van der Waals surface area contributed by atoms with E-state index in [1.165, 1.54) is 0 Å². The van der Waals surface area contributed by atoms with Crippen molar-refractivity contribution < 1.29 is 28.2 Å². The molecule has 2 atom stereocenters. The molecule has 9 heteroatoms. The lowest BCUT2D eigenvalue weighted by molar-refractivity contribution is -0.139. The Morgan fingerprint density at radius 2 is 1.50 bits per heavy atom. The Balaban J connectivity index is 4.27. The summed E-state index contributed by atoms with van der Waals surface area (Å²) in [6.45, 7) is 0. The first-order valence-corrected chi connectivity index (χ1v) is 6.15. The van der Waals surface area contributed by atoms with Gasteiger partial charge in [0.25, 0.3) is 0 Å². The molecular weight excluding hydrogens is 240 g/mol. The zero-order chi connectivity index (χ0) is 12.9. The molecule has 0 aliphatic rings. The Hall–Kier alpha value is -1.19. The maximum Gasteiger partial charge on any atom is 0.321 e. The van der Waals surface area contributed by atoms with Gasteiger partial charge in [-0.2, -0.15) is 0 Å². The Bertz CT molecular complexity index is 365. The van der Waals surface area contributed by atoms with E-state index in [0.717, 1.165) is 0 Å². The SMILES string of the molecule is NC(CCS(=O)(=O)CC(N)C(=O)O)C(=O)O. The molecule has 0 saturated carbocycles. The normalized spacial score (nSPS) is 15.4. The molecule has 0 rings (SSSR count). The molecule has 6 N–H and O–H groups in total. The van der Waals surface area contributed by atoms with E-state index in [1.54, 1.807) is 0 Å². The number of sulfone groups is 1. The Labute approximate surface area is 92.1 Å². The molecule has 8 nitrogen and oxygen atoms in total. The van der Waals surface area contributed by atoms with Crippen molar-refractivity contribution in [2.75, 3.05) is 11.5 Å². The van der Waals surface area contributed by atoms with Crippen molar-refractivity contribution in [3.05, 3.63) is 0 Å². The molecule has 94 valence electrons. The summed E-state index contributed by atoms with van der Waals surface area (Å²) in [4.78, 5) is 20.6. The maximum atomic E-state index is 11.3. The highest BCUT2D eigenvalue weighted by Crippen LogP contribution is 1.99. The van der Waals surface area contributed by atoms with Crippen molar-refractivity contribution in [2.24, 2.45) is 11.5 Å². The topological polar surface area (TPSA) is 161 Å². The summed E-state index contributed by atoms with van der Waals surface area (Å²) < 4.78 is 22.6. The van der Waals surface area contributed by atoms with E-state index in [-0.39, 0.29) is 6.42 Å². The lowest BCUT2D eigenvalue weighted by Gasteiger charge is -2.09. The summed E-state index contributed by atoms with van der Waals surface area (Å²) in [5, 5.41) is 16.8. The highest BCUT2D eigenvalue weighted by molar-refractivity contribution is 7.91. The first-order valence-electron chi connectivity index (χ1n) is 4.33. The number of aliphatic carboxylic acids is 2. The van der Waals surface area contributed by atoms with Crippen LogP contribution >= 0.6 is 0 Å². The summed E-state index contributed by atoms with van der Waals surface area (Å²) in [6.07, 6.45) is -0.274. The van der Waals surface area contributed by atoms with Gasteiger partial charge < -0.3 is 21.7 Å². The molecule has 0 spiro atoms. The van der Waals surface area contributed by atoms with Crippen LogP contribution < -0.4 is 11.5 Å². The van der Waals surface area contributed by atoms with Crippen molar-refractivity contribution in [3.8, 4) is 0 Å². The lowest BCUT2D eigenvalue weighted by atomic mass is 10.2. The second-order valence-electron chi connectivity index (χ2n) is 3.29. The van der Waals surface area contributed by atoms with Gasteiger partial charge in [-0.05, 0) is 6.42 Å². The number of hydrogen-bond acceptors (Lipinski definition) is 6. The third kappa shape index (κ3) is 5.63. The van der Waals surface area contributed by atoms with Crippen molar-refractivity contribution in [2.45, 2.75) is 18.5 Å². The first kappa shape index (κ1) is 14.8. The standard InChI is InChI=1S/C7H14N2O6S/c8-4(6(10)11)1-2-16(14,15)3-5(9)7(12)13/h4-5H,1-3,8-9H2,(H,10,11)(H,12,13). The third-order valence-electron chi connectivity index (χ3n) is 1.81. The largest absolute Gasteiger partial charge is 0.480 e. The zero-order valence-corrected chi connectivity index (χ0v) is 9.18. The van der Waals surface area contributed by atoms with E-state index in [9.17, 15) is 18.0 Å². The predicted octanol–water partition coefficient (Wildman–Crippen LogP) is -2.38. The molecule has 0 aliphatic carbocycles. The lowest BCUT2D eigenvalue weighted by Crippen LogP contribution is -2.39. The van der Waals surface area contributed by atoms with E-state index in [0.29, 0.717) is 0 Å². The minimum atomic E-state index is -3.70. The Morgan fingerprint density at radius 1 is 1.06 bits per heavy atom. The van der Waals surface area contributed by atoms with Gasteiger partial charge in [0.1, 0.15) is 12.1 Å². The molecule has 0 aliphatic heterocycles. The molecule has 16 heavy (non-hydrogen) atoms.